The van der Waals surface area contributed by atoms with E-state index in [1.807, 2.05) is 18.3 Å². The van der Waals surface area contributed by atoms with Crippen molar-refractivity contribution in [1.29, 1.82) is 0 Å². The van der Waals surface area contributed by atoms with Crippen molar-refractivity contribution in [2.75, 3.05) is 6.54 Å². The van der Waals surface area contributed by atoms with Crippen molar-refractivity contribution >= 4 is 5.91 Å². The van der Waals surface area contributed by atoms with Crippen LogP contribution in [0.5, 0.6) is 0 Å². The summed E-state index contributed by atoms with van der Waals surface area (Å²) in [5.74, 6) is 1.56. The number of nitrogens with zero attached hydrogens (tertiary/aromatic N) is 7. The van der Waals surface area contributed by atoms with Crippen molar-refractivity contribution in [3.05, 3.63) is 53.8 Å². The molecule has 134 valence electrons. The summed E-state index contributed by atoms with van der Waals surface area (Å²) in [6.45, 7) is 2.85. The summed E-state index contributed by atoms with van der Waals surface area (Å²) in [5, 5.41) is 11.0. The number of hydrogen-bond donors (Lipinski definition) is 0. The predicted octanol–water partition coefficient (Wildman–Crippen LogP) is 0.987. The molecule has 0 saturated carbocycles. The van der Waals surface area contributed by atoms with E-state index in [9.17, 15) is 4.79 Å². The van der Waals surface area contributed by atoms with Gasteiger partial charge in [-0.2, -0.15) is 0 Å². The number of oxazole rings is 1. The van der Waals surface area contributed by atoms with Crippen LogP contribution in [0.3, 0.4) is 0 Å². The van der Waals surface area contributed by atoms with Crippen LogP contribution >= 0.6 is 0 Å². The molecule has 0 unspecified atom stereocenters. The van der Waals surface area contributed by atoms with Gasteiger partial charge in [0.25, 0.3) is 0 Å². The summed E-state index contributed by atoms with van der Waals surface area (Å²) in [4.78, 5) is 23.2. The molecule has 0 N–H and O–H groups in total. The molecule has 26 heavy (non-hydrogen) atoms. The van der Waals surface area contributed by atoms with Crippen LogP contribution in [0, 0.1) is 0 Å². The average Bonchev–Trinajstić information content (AvgIpc) is 3.35. The minimum absolute atomic E-state index is 0.0251. The Morgan fingerprint density at radius 3 is 3.08 bits per heavy atom. The monoisotopic (exact) mass is 353 g/mol. The predicted molar refractivity (Wildman–Crippen MR) is 89.8 cm³/mol. The number of pyridine rings is 1. The molecule has 9 heteroatoms. The Hall–Kier alpha value is -3.10. The lowest BCUT2D eigenvalue weighted by molar-refractivity contribution is -0.135. The lowest BCUT2D eigenvalue weighted by Crippen LogP contribution is -2.39. The first-order chi connectivity index (χ1) is 12.7. The minimum Gasteiger partial charge on any atom is -0.445 e. The van der Waals surface area contributed by atoms with Crippen molar-refractivity contribution < 1.29 is 9.21 Å². The Kier molecular flexibility index (Phi) is 4.42. The third kappa shape index (κ3) is 3.32. The van der Waals surface area contributed by atoms with E-state index in [2.05, 4.69) is 25.5 Å². The SMILES string of the molecule is C[C@@H](C(=O)N1CCc2oc(CCc3cccnc3)nc2C1)n1cnnn1. The van der Waals surface area contributed by atoms with Crippen molar-refractivity contribution in [2.45, 2.75) is 38.8 Å². The normalized spacial score (nSPS) is 14.9. The van der Waals surface area contributed by atoms with Crippen molar-refractivity contribution in [2.24, 2.45) is 0 Å². The van der Waals surface area contributed by atoms with Gasteiger partial charge in [0.15, 0.2) is 5.89 Å². The molecule has 0 saturated heterocycles. The molecule has 1 amide bonds. The minimum atomic E-state index is -0.441. The smallest absolute Gasteiger partial charge is 0.247 e. The van der Waals surface area contributed by atoms with Crippen LogP contribution in [0.1, 0.15) is 35.9 Å². The highest BCUT2D eigenvalue weighted by Crippen LogP contribution is 2.22. The number of aromatic nitrogens is 6. The molecule has 3 aromatic heterocycles. The quantitative estimate of drug-likeness (QED) is 0.674. The third-order valence-corrected chi connectivity index (χ3v) is 4.55. The number of carbonyl (C=O) groups excluding carboxylic acids is 1. The number of carbonyl (C=O) groups is 1. The second-order valence-corrected chi connectivity index (χ2v) is 6.31. The maximum absolute atomic E-state index is 12.7. The van der Waals surface area contributed by atoms with Gasteiger partial charge in [-0.1, -0.05) is 6.07 Å². The molecule has 0 fully saturated rings. The first kappa shape index (κ1) is 16.4. The number of fused-ring (bicyclic) bond motifs is 1. The fourth-order valence-corrected chi connectivity index (χ4v) is 3.07. The number of amides is 1. The van der Waals surface area contributed by atoms with Crippen LogP contribution < -0.4 is 0 Å². The van der Waals surface area contributed by atoms with Gasteiger partial charge < -0.3 is 9.32 Å². The number of rotatable bonds is 5. The van der Waals surface area contributed by atoms with E-state index in [1.54, 1.807) is 18.0 Å². The molecular weight excluding hydrogens is 334 g/mol. The zero-order valence-electron chi connectivity index (χ0n) is 14.4. The highest BCUT2D eigenvalue weighted by Gasteiger charge is 2.29. The highest BCUT2D eigenvalue weighted by atomic mass is 16.4. The van der Waals surface area contributed by atoms with E-state index in [-0.39, 0.29) is 5.91 Å². The van der Waals surface area contributed by atoms with Crippen LogP contribution in [0.4, 0.5) is 0 Å². The number of aryl methyl sites for hydroxylation is 2. The molecule has 4 rings (SSSR count). The summed E-state index contributed by atoms with van der Waals surface area (Å²) < 4.78 is 7.34. The maximum atomic E-state index is 12.7. The van der Waals surface area contributed by atoms with E-state index in [0.29, 0.717) is 31.8 Å². The van der Waals surface area contributed by atoms with Gasteiger partial charge in [0.2, 0.25) is 5.91 Å². The molecule has 9 nitrogen and oxygen atoms in total. The maximum Gasteiger partial charge on any atom is 0.247 e. The molecule has 0 aliphatic carbocycles. The summed E-state index contributed by atoms with van der Waals surface area (Å²) in [6.07, 6.45) is 7.27. The van der Waals surface area contributed by atoms with E-state index in [4.69, 9.17) is 4.42 Å². The van der Waals surface area contributed by atoms with Gasteiger partial charge >= 0.3 is 0 Å². The van der Waals surface area contributed by atoms with E-state index >= 15 is 0 Å². The van der Waals surface area contributed by atoms with Gasteiger partial charge in [-0.05, 0) is 35.4 Å². The molecule has 0 bridgehead atoms. The summed E-state index contributed by atoms with van der Waals surface area (Å²) in [7, 11) is 0. The van der Waals surface area contributed by atoms with Crippen LogP contribution in [0.25, 0.3) is 0 Å². The Labute approximate surface area is 150 Å². The molecule has 1 aliphatic heterocycles. The van der Waals surface area contributed by atoms with E-state index in [0.717, 1.165) is 23.4 Å². The second-order valence-electron chi connectivity index (χ2n) is 6.31. The third-order valence-electron chi connectivity index (χ3n) is 4.55. The van der Waals surface area contributed by atoms with Crippen molar-refractivity contribution in [1.82, 2.24) is 35.1 Å². The second kappa shape index (κ2) is 7.03. The Morgan fingerprint density at radius 2 is 2.31 bits per heavy atom. The van der Waals surface area contributed by atoms with E-state index < -0.39 is 6.04 Å². The summed E-state index contributed by atoms with van der Waals surface area (Å²) in [6, 6.07) is 3.52. The van der Waals surface area contributed by atoms with Crippen LogP contribution in [0.15, 0.2) is 35.3 Å². The fourth-order valence-electron chi connectivity index (χ4n) is 3.07. The van der Waals surface area contributed by atoms with Gasteiger partial charge in [-0.15, -0.1) is 5.10 Å². The fraction of sp³-hybridized carbons (Fsp3) is 0.412. The topological polar surface area (TPSA) is 103 Å². The average molecular weight is 353 g/mol. The first-order valence-electron chi connectivity index (χ1n) is 8.58. The highest BCUT2D eigenvalue weighted by molar-refractivity contribution is 5.80. The molecule has 0 radical (unpaired) electrons. The van der Waals surface area contributed by atoms with Crippen LogP contribution in [-0.2, 0) is 30.6 Å². The molecular formula is C17H19N7O2. The van der Waals surface area contributed by atoms with E-state index in [1.165, 1.54) is 11.0 Å². The molecule has 0 spiro atoms. The van der Waals surface area contributed by atoms with Gasteiger partial charge in [0.1, 0.15) is 23.8 Å². The number of hydrogen-bond acceptors (Lipinski definition) is 7. The summed E-state index contributed by atoms with van der Waals surface area (Å²) in [5.41, 5.74) is 1.99. The van der Waals surface area contributed by atoms with Crippen LogP contribution in [0.2, 0.25) is 0 Å². The van der Waals surface area contributed by atoms with Crippen LogP contribution in [-0.4, -0.2) is 47.5 Å². The zero-order chi connectivity index (χ0) is 17.9. The van der Waals surface area contributed by atoms with Gasteiger partial charge in [0, 0.05) is 31.8 Å². The lowest BCUT2D eigenvalue weighted by atomic mass is 10.1. The Bertz CT molecular complexity index is 876. The van der Waals surface area contributed by atoms with Crippen molar-refractivity contribution in [3.63, 3.8) is 0 Å². The van der Waals surface area contributed by atoms with Gasteiger partial charge in [-0.25, -0.2) is 9.67 Å². The zero-order valence-corrected chi connectivity index (χ0v) is 14.4. The Balaban J connectivity index is 1.41. The molecule has 1 atom stereocenters. The molecule has 0 aromatic carbocycles. The largest absolute Gasteiger partial charge is 0.445 e. The Morgan fingerprint density at radius 1 is 1.38 bits per heavy atom. The lowest BCUT2D eigenvalue weighted by Gasteiger charge is -2.27. The first-order valence-corrected chi connectivity index (χ1v) is 8.58. The van der Waals surface area contributed by atoms with Gasteiger partial charge in [-0.3, -0.25) is 9.78 Å². The molecule has 4 heterocycles. The van der Waals surface area contributed by atoms with Crippen molar-refractivity contribution in [3.8, 4) is 0 Å². The number of tetrazole rings is 1. The molecule has 3 aromatic rings. The van der Waals surface area contributed by atoms with Gasteiger partial charge in [0.05, 0.1) is 6.54 Å². The summed E-state index contributed by atoms with van der Waals surface area (Å²) >= 11 is 0. The standard InChI is InChI=1S/C17H19N7O2/c1-12(24-11-19-21-22-24)17(25)23-8-6-15-14(10-23)20-16(26-15)5-4-13-3-2-7-18-9-13/h2-3,7,9,11-12H,4-6,8,10H2,1H3/t12-/m0/s1. The molecule has 1 aliphatic rings.